The van der Waals surface area contributed by atoms with Crippen LogP contribution in [-0.4, -0.2) is 15.3 Å². The molecule has 0 fully saturated rings. The normalized spacial score (nSPS) is 14.8. The van der Waals surface area contributed by atoms with Gasteiger partial charge in [0.1, 0.15) is 0 Å². The summed E-state index contributed by atoms with van der Waals surface area (Å²) in [5.74, 6) is 0.309. The lowest BCUT2D eigenvalue weighted by molar-refractivity contribution is 0.0973. The lowest BCUT2D eigenvalue weighted by Crippen LogP contribution is -2.07. The van der Waals surface area contributed by atoms with Crippen LogP contribution in [0.4, 0.5) is 0 Å². The molecule has 1 aliphatic carbocycles. The third-order valence-electron chi connectivity index (χ3n) is 3.55. The van der Waals surface area contributed by atoms with Crippen molar-refractivity contribution in [2.45, 2.75) is 39.2 Å². The molecule has 0 bridgehead atoms. The van der Waals surface area contributed by atoms with Gasteiger partial charge in [-0.05, 0) is 25.3 Å². The average molecular weight is 260 g/mol. The van der Waals surface area contributed by atoms with Crippen LogP contribution in [-0.2, 0) is 19.4 Å². The molecule has 2 heterocycles. The number of fused-ring (bicyclic) bond motifs is 1. The Balaban J connectivity index is 1.74. The number of nitrogens with zero attached hydrogens (tertiary/aromatic N) is 2. The zero-order chi connectivity index (χ0) is 12.5. The molecule has 2 aromatic heterocycles. The van der Waals surface area contributed by atoms with E-state index in [1.165, 1.54) is 10.4 Å². The highest BCUT2D eigenvalue weighted by Crippen LogP contribution is 2.22. The predicted molar refractivity (Wildman–Crippen MR) is 72.3 cm³/mol. The molecule has 4 heteroatoms. The molecule has 0 unspecified atom stereocenters. The highest BCUT2D eigenvalue weighted by molar-refractivity contribution is 7.09. The number of carbonyl (C=O) groups is 1. The fraction of sp³-hybridized carbons (Fsp3) is 0.429. The van der Waals surface area contributed by atoms with Gasteiger partial charge in [0, 0.05) is 42.2 Å². The lowest BCUT2D eigenvalue weighted by Gasteiger charge is -2.07. The molecule has 1 aliphatic rings. The largest absolute Gasteiger partial charge is 0.353 e. The van der Waals surface area contributed by atoms with Crippen molar-refractivity contribution < 1.29 is 4.79 Å². The molecule has 18 heavy (non-hydrogen) atoms. The summed E-state index contributed by atoms with van der Waals surface area (Å²) in [5, 5.41) is 0. The Kier molecular flexibility index (Phi) is 3.04. The summed E-state index contributed by atoms with van der Waals surface area (Å²) in [4.78, 5) is 17.4. The molecular weight excluding hydrogens is 244 g/mol. The summed E-state index contributed by atoms with van der Waals surface area (Å²) in [6, 6.07) is 0. The van der Waals surface area contributed by atoms with Crippen LogP contribution in [0.3, 0.4) is 0 Å². The third kappa shape index (κ3) is 2.12. The molecule has 2 aromatic rings. The van der Waals surface area contributed by atoms with E-state index in [0.29, 0.717) is 12.2 Å². The summed E-state index contributed by atoms with van der Waals surface area (Å²) in [6.07, 6.45) is 7.93. The zero-order valence-corrected chi connectivity index (χ0v) is 11.3. The second-order valence-electron chi connectivity index (χ2n) is 4.82. The molecule has 0 aromatic carbocycles. The van der Waals surface area contributed by atoms with Crippen molar-refractivity contribution in [2.24, 2.45) is 0 Å². The molecular formula is C14H16N2OS. The van der Waals surface area contributed by atoms with Gasteiger partial charge in [-0.25, -0.2) is 4.98 Å². The molecule has 0 radical (unpaired) electrons. The zero-order valence-electron chi connectivity index (χ0n) is 10.5. The number of Topliss-reactive ketones (excluding diaryl/α,β-unsaturated/α-hetero) is 1. The smallest absolute Gasteiger partial charge is 0.164 e. The van der Waals surface area contributed by atoms with Crippen molar-refractivity contribution in [3.63, 3.8) is 0 Å². The summed E-state index contributed by atoms with van der Waals surface area (Å²) in [5.41, 5.74) is 5.21. The Morgan fingerprint density at radius 3 is 3.00 bits per heavy atom. The Hall–Kier alpha value is -1.42. The second-order valence-corrected chi connectivity index (χ2v) is 5.76. The number of rotatable bonds is 3. The predicted octanol–water partition coefficient (Wildman–Crippen LogP) is 3.01. The molecule has 0 saturated heterocycles. The number of carbonyl (C=O) groups excluding carboxylic acids is 1. The van der Waals surface area contributed by atoms with Crippen molar-refractivity contribution in [1.82, 2.24) is 9.55 Å². The maximum Gasteiger partial charge on any atom is 0.164 e. The fourth-order valence-corrected chi connectivity index (χ4v) is 3.28. The van der Waals surface area contributed by atoms with E-state index in [2.05, 4.69) is 22.7 Å². The van der Waals surface area contributed by atoms with Gasteiger partial charge < -0.3 is 4.57 Å². The van der Waals surface area contributed by atoms with Crippen molar-refractivity contribution in [3.05, 3.63) is 39.6 Å². The van der Waals surface area contributed by atoms with E-state index >= 15 is 0 Å². The van der Waals surface area contributed by atoms with Gasteiger partial charge in [0.15, 0.2) is 5.78 Å². The van der Waals surface area contributed by atoms with Crippen molar-refractivity contribution in [1.29, 1.82) is 0 Å². The fourth-order valence-electron chi connectivity index (χ4n) is 2.51. The molecule has 0 aliphatic heterocycles. The first-order chi connectivity index (χ1) is 8.74. The number of aryl methyl sites for hydroxylation is 4. The number of aromatic nitrogens is 2. The van der Waals surface area contributed by atoms with E-state index < -0.39 is 0 Å². The molecule has 3 rings (SSSR count). The van der Waals surface area contributed by atoms with Gasteiger partial charge in [0.25, 0.3) is 0 Å². The Morgan fingerprint density at radius 1 is 1.39 bits per heavy atom. The minimum atomic E-state index is 0.309. The Labute approximate surface area is 110 Å². The van der Waals surface area contributed by atoms with Crippen molar-refractivity contribution >= 4 is 17.1 Å². The van der Waals surface area contributed by atoms with Crippen LogP contribution in [0, 0.1) is 6.92 Å². The van der Waals surface area contributed by atoms with E-state index in [0.717, 1.165) is 37.1 Å². The van der Waals surface area contributed by atoms with Gasteiger partial charge >= 0.3 is 0 Å². The monoisotopic (exact) mass is 260 g/mol. The topological polar surface area (TPSA) is 34.9 Å². The van der Waals surface area contributed by atoms with Crippen molar-refractivity contribution in [3.8, 4) is 0 Å². The summed E-state index contributed by atoms with van der Waals surface area (Å²) >= 11 is 1.71. The van der Waals surface area contributed by atoms with Crippen LogP contribution in [0.1, 0.15) is 39.3 Å². The summed E-state index contributed by atoms with van der Waals surface area (Å²) < 4.78 is 2.16. The summed E-state index contributed by atoms with van der Waals surface area (Å²) in [7, 11) is 0. The summed E-state index contributed by atoms with van der Waals surface area (Å²) in [6.45, 7) is 2.99. The molecule has 0 N–H and O–H groups in total. The van der Waals surface area contributed by atoms with E-state index in [9.17, 15) is 4.79 Å². The van der Waals surface area contributed by atoms with Crippen LogP contribution in [0.2, 0.25) is 0 Å². The van der Waals surface area contributed by atoms with Crippen molar-refractivity contribution in [2.75, 3.05) is 0 Å². The minimum absolute atomic E-state index is 0.309. The van der Waals surface area contributed by atoms with E-state index in [1.54, 1.807) is 11.3 Å². The van der Waals surface area contributed by atoms with Crippen LogP contribution in [0.15, 0.2) is 17.9 Å². The van der Waals surface area contributed by atoms with Gasteiger partial charge in [0.2, 0.25) is 0 Å². The van der Waals surface area contributed by atoms with Gasteiger partial charge in [0.05, 0.1) is 11.2 Å². The van der Waals surface area contributed by atoms with E-state index in [1.807, 2.05) is 11.7 Å². The van der Waals surface area contributed by atoms with E-state index in [4.69, 9.17) is 0 Å². The molecule has 3 nitrogen and oxygen atoms in total. The first-order valence-electron chi connectivity index (χ1n) is 6.35. The quantitative estimate of drug-likeness (QED) is 0.850. The maximum absolute atomic E-state index is 11.8. The standard InChI is InChI=1S/C14H16N2OS/c1-10-14(18-9-15-10)5-6-16-7-11-3-2-4-13(17)12(11)8-16/h7-9H,2-6H2,1H3. The van der Waals surface area contributed by atoms with Gasteiger partial charge in [-0.2, -0.15) is 0 Å². The van der Waals surface area contributed by atoms with Crippen LogP contribution < -0.4 is 0 Å². The highest BCUT2D eigenvalue weighted by Gasteiger charge is 2.18. The number of hydrogen-bond acceptors (Lipinski definition) is 3. The van der Waals surface area contributed by atoms with Crippen LogP contribution >= 0.6 is 11.3 Å². The molecule has 0 atom stereocenters. The highest BCUT2D eigenvalue weighted by atomic mass is 32.1. The van der Waals surface area contributed by atoms with Crippen LogP contribution in [0.25, 0.3) is 0 Å². The van der Waals surface area contributed by atoms with Gasteiger partial charge in [-0.3, -0.25) is 4.79 Å². The Bertz CT molecular complexity index is 582. The Morgan fingerprint density at radius 2 is 2.28 bits per heavy atom. The minimum Gasteiger partial charge on any atom is -0.353 e. The maximum atomic E-state index is 11.8. The first kappa shape index (κ1) is 11.7. The number of thiazole rings is 1. The van der Waals surface area contributed by atoms with E-state index in [-0.39, 0.29) is 0 Å². The number of hydrogen-bond donors (Lipinski definition) is 0. The molecule has 0 spiro atoms. The second kappa shape index (κ2) is 4.69. The van der Waals surface area contributed by atoms with Gasteiger partial charge in [-0.15, -0.1) is 11.3 Å². The van der Waals surface area contributed by atoms with Crippen LogP contribution in [0.5, 0.6) is 0 Å². The SMILES string of the molecule is Cc1ncsc1CCn1cc2c(c1)C(=O)CCC2. The average Bonchev–Trinajstić information content (AvgIpc) is 2.93. The first-order valence-corrected chi connectivity index (χ1v) is 7.23. The van der Waals surface area contributed by atoms with Gasteiger partial charge in [-0.1, -0.05) is 0 Å². The number of ketones is 1. The lowest BCUT2D eigenvalue weighted by atomic mass is 9.95. The molecule has 0 amide bonds. The third-order valence-corrected chi connectivity index (χ3v) is 4.55. The molecule has 0 saturated carbocycles. The molecule has 94 valence electrons.